The van der Waals surface area contributed by atoms with Crippen LogP contribution in [-0.2, 0) is 9.63 Å². The second-order valence-electron chi connectivity index (χ2n) is 0.593. The van der Waals surface area contributed by atoms with Gasteiger partial charge in [0.15, 0.2) is 6.07 Å². The molecular formula is C2H2N2O3. The summed E-state index contributed by atoms with van der Waals surface area (Å²) in [5.41, 5.74) is 1.05. The Morgan fingerprint density at radius 3 is 2.71 bits per heavy atom. The second-order valence-corrected chi connectivity index (χ2v) is 0.593. The number of hydrogen-bond acceptors (Lipinski definition) is 5. The van der Waals surface area contributed by atoms with E-state index in [-0.39, 0.29) is 0 Å². The molecule has 0 saturated carbocycles. The van der Waals surface area contributed by atoms with Crippen molar-refractivity contribution in [3.63, 3.8) is 0 Å². The Morgan fingerprint density at radius 1 is 2.00 bits per heavy atom. The highest BCUT2D eigenvalue weighted by atomic mass is 16.8. The van der Waals surface area contributed by atoms with Gasteiger partial charge in [0.05, 0.1) is 0 Å². The lowest BCUT2D eigenvalue weighted by atomic mass is 10.8. The van der Waals surface area contributed by atoms with Gasteiger partial charge in [-0.2, -0.15) is 5.26 Å². The molecule has 0 radical (unpaired) electrons. The molecule has 0 aliphatic carbocycles. The molecular weight excluding hydrogens is 100 g/mol. The van der Waals surface area contributed by atoms with Crippen LogP contribution >= 0.6 is 0 Å². The summed E-state index contributed by atoms with van der Waals surface area (Å²) >= 11 is 0. The number of carbonyl (C=O) groups excluding carboxylic acids is 1. The fourth-order valence-corrected chi connectivity index (χ4v) is 0.0643. The maximum atomic E-state index is 9.61. The third-order valence-electron chi connectivity index (χ3n) is 0.230. The summed E-state index contributed by atoms with van der Waals surface area (Å²) in [7, 11) is 0. The topological polar surface area (TPSA) is 82.4 Å². The highest BCUT2D eigenvalue weighted by molar-refractivity contribution is 5.85. The smallest absolute Gasteiger partial charge is 0.333 e. The van der Waals surface area contributed by atoms with Crippen molar-refractivity contribution in [2.45, 2.75) is 0 Å². The first-order chi connectivity index (χ1) is 3.31. The molecule has 0 aromatic heterocycles. The van der Waals surface area contributed by atoms with Gasteiger partial charge in [0.2, 0.25) is 0 Å². The van der Waals surface area contributed by atoms with Crippen molar-refractivity contribution in [1.29, 1.82) is 5.26 Å². The summed E-state index contributed by atoms with van der Waals surface area (Å²) < 4.78 is 0. The Labute approximate surface area is 39.0 Å². The Kier molecular flexibility index (Phi) is 2.59. The lowest BCUT2D eigenvalue weighted by Crippen LogP contribution is -2.13. The summed E-state index contributed by atoms with van der Waals surface area (Å²) in [6.07, 6.45) is 0. The van der Waals surface area contributed by atoms with Gasteiger partial charge in [0.25, 0.3) is 0 Å². The van der Waals surface area contributed by atoms with Crippen molar-refractivity contribution in [2.75, 3.05) is 0 Å². The molecule has 7 heavy (non-hydrogen) atoms. The molecule has 0 aromatic rings. The number of nitrogens with one attached hydrogen (secondary N) is 1. The van der Waals surface area contributed by atoms with Crippen molar-refractivity contribution >= 4 is 5.97 Å². The van der Waals surface area contributed by atoms with Gasteiger partial charge < -0.3 is 4.84 Å². The van der Waals surface area contributed by atoms with Crippen LogP contribution in [-0.4, -0.2) is 11.2 Å². The number of carbonyl (C=O) groups is 1. The van der Waals surface area contributed by atoms with E-state index in [4.69, 9.17) is 10.5 Å². The maximum Gasteiger partial charge on any atom is 0.431 e. The Hall–Kier alpha value is -1.12. The van der Waals surface area contributed by atoms with Gasteiger partial charge in [-0.25, -0.2) is 4.79 Å². The van der Waals surface area contributed by atoms with E-state index in [1.807, 2.05) is 0 Å². The van der Waals surface area contributed by atoms with Crippen LogP contribution < -0.4 is 5.64 Å². The van der Waals surface area contributed by atoms with Gasteiger partial charge in [0.1, 0.15) is 0 Å². The van der Waals surface area contributed by atoms with Gasteiger partial charge in [-0.3, -0.25) is 5.21 Å². The standard InChI is InChI=1S/C2H2N2O3/c3-1-2(5)7-4-6/h4,6H. The summed E-state index contributed by atoms with van der Waals surface area (Å²) in [5, 5.41) is 15.1. The maximum absolute atomic E-state index is 9.61. The van der Waals surface area contributed by atoms with Gasteiger partial charge in [-0.15, -0.1) is 0 Å². The minimum atomic E-state index is -1.18. The van der Waals surface area contributed by atoms with Crippen LogP contribution in [0, 0.1) is 11.3 Å². The molecule has 0 rings (SSSR count). The molecule has 5 nitrogen and oxygen atoms in total. The fraction of sp³-hybridized carbons (Fsp3) is 0. The van der Waals surface area contributed by atoms with E-state index in [0.717, 1.165) is 11.7 Å². The first-order valence-electron chi connectivity index (χ1n) is 1.31. The minimum absolute atomic E-state index is 1.05. The molecule has 0 aliphatic heterocycles. The quantitative estimate of drug-likeness (QED) is 0.326. The molecule has 0 heterocycles. The summed E-state index contributed by atoms with van der Waals surface area (Å²) in [4.78, 5) is 13.1. The van der Waals surface area contributed by atoms with Crippen LogP contribution in [0.3, 0.4) is 0 Å². The van der Waals surface area contributed by atoms with Crippen LogP contribution in [0.15, 0.2) is 0 Å². The van der Waals surface area contributed by atoms with Crippen LogP contribution in [0.2, 0.25) is 0 Å². The van der Waals surface area contributed by atoms with E-state index in [2.05, 4.69) is 4.84 Å². The largest absolute Gasteiger partial charge is 0.431 e. The molecule has 0 fully saturated rings. The summed E-state index contributed by atoms with van der Waals surface area (Å²) in [6, 6.07) is 1.08. The highest BCUT2D eigenvalue weighted by Crippen LogP contribution is 1.61. The van der Waals surface area contributed by atoms with Gasteiger partial charge in [-0.05, 0) is 5.64 Å². The van der Waals surface area contributed by atoms with E-state index in [1.165, 1.54) is 0 Å². The first-order valence-corrected chi connectivity index (χ1v) is 1.31. The lowest BCUT2D eigenvalue weighted by molar-refractivity contribution is -0.169. The second kappa shape index (κ2) is 3.08. The van der Waals surface area contributed by atoms with E-state index < -0.39 is 5.97 Å². The van der Waals surface area contributed by atoms with Crippen molar-refractivity contribution in [1.82, 2.24) is 5.64 Å². The average Bonchev–Trinajstić information content (AvgIpc) is 1.68. The predicted molar refractivity (Wildman–Crippen MR) is 16.6 cm³/mol. The minimum Gasteiger partial charge on any atom is -0.333 e. The Balaban J connectivity index is 3.24. The molecule has 0 atom stereocenters. The molecule has 5 heteroatoms. The molecule has 0 unspecified atom stereocenters. The molecule has 2 N–H and O–H groups in total. The SMILES string of the molecule is N#CC(=O)ONO. The highest BCUT2D eigenvalue weighted by Gasteiger charge is 1.93. The van der Waals surface area contributed by atoms with Crippen LogP contribution in [0.25, 0.3) is 0 Å². The normalized spacial score (nSPS) is 6.86. The Bertz CT molecular complexity index is 104. The molecule has 0 bridgehead atoms. The first kappa shape index (κ1) is 5.88. The molecule has 0 amide bonds. The number of nitriles is 1. The molecule has 0 aromatic carbocycles. The van der Waals surface area contributed by atoms with Crippen LogP contribution in [0.5, 0.6) is 0 Å². The average molecular weight is 102 g/mol. The van der Waals surface area contributed by atoms with Crippen LogP contribution in [0.1, 0.15) is 0 Å². The number of rotatable bonds is 1. The van der Waals surface area contributed by atoms with Crippen LogP contribution in [0.4, 0.5) is 0 Å². The Morgan fingerprint density at radius 2 is 2.57 bits per heavy atom. The summed E-state index contributed by atoms with van der Waals surface area (Å²) in [6.45, 7) is 0. The van der Waals surface area contributed by atoms with E-state index in [1.54, 1.807) is 0 Å². The van der Waals surface area contributed by atoms with E-state index in [9.17, 15) is 4.79 Å². The van der Waals surface area contributed by atoms with E-state index in [0.29, 0.717) is 0 Å². The van der Waals surface area contributed by atoms with Gasteiger partial charge in [0, 0.05) is 0 Å². The lowest BCUT2D eigenvalue weighted by Gasteiger charge is -1.86. The zero-order valence-corrected chi connectivity index (χ0v) is 3.21. The third-order valence-corrected chi connectivity index (χ3v) is 0.230. The third kappa shape index (κ3) is 2.69. The zero-order chi connectivity index (χ0) is 5.70. The van der Waals surface area contributed by atoms with Crippen molar-refractivity contribution in [3.05, 3.63) is 0 Å². The van der Waals surface area contributed by atoms with Crippen molar-refractivity contribution in [2.24, 2.45) is 0 Å². The van der Waals surface area contributed by atoms with E-state index >= 15 is 0 Å². The monoisotopic (exact) mass is 102 g/mol. The molecule has 0 spiro atoms. The van der Waals surface area contributed by atoms with Crippen molar-refractivity contribution < 1.29 is 14.8 Å². The number of nitrogens with zero attached hydrogens (tertiary/aromatic N) is 1. The van der Waals surface area contributed by atoms with Gasteiger partial charge in [-0.1, -0.05) is 0 Å². The molecule has 0 saturated heterocycles. The fourth-order valence-electron chi connectivity index (χ4n) is 0.0643. The molecule has 0 aliphatic rings. The zero-order valence-electron chi connectivity index (χ0n) is 3.21. The van der Waals surface area contributed by atoms with Crippen molar-refractivity contribution in [3.8, 4) is 6.07 Å². The van der Waals surface area contributed by atoms with Gasteiger partial charge >= 0.3 is 5.97 Å². The predicted octanol–water partition coefficient (Wildman–Crippen LogP) is -1.05. The summed E-state index contributed by atoms with van der Waals surface area (Å²) in [5.74, 6) is -1.18. The number of hydrogen-bond donors (Lipinski definition) is 2. The molecule has 38 valence electrons.